The Labute approximate surface area is 223 Å². The number of amides is 3. The van der Waals surface area contributed by atoms with Crippen molar-refractivity contribution in [2.75, 3.05) is 19.7 Å². The van der Waals surface area contributed by atoms with Gasteiger partial charge in [0, 0.05) is 25.3 Å². The Morgan fingerprint density at radius 3 is 2.76 bits per heavy atom. The molecule has 3 aromatic rings. The topological polar surface area (TPSA) is 117 Å². The molecule has 3 atom stereocenters. The number of nitrogens with zero attached hydrogens (tertiary/aromatic N) is 4. The molecule has 1 aromatic carbocycles. The standard InChI is InChI=1S/C28H39N7O3/c1-5-18(4)38-16-23(33-27(36)24-11-13-30-35(24)17(2)3)26-31-21-10-9-20(15-22(21)32-26)25(19-7-8-19)34-14-6-12-29-28(34)37/h9-11,13,15,17-19,23,25H,5-8,12,14,16H2,1-4H3,(H,29,37)(H,31,32)(H,33,36). The summed E-state index contributed by atoms with van der Waals surface area (Å²) in [6, 6.07) is 7.60. The summed E-state index contributed by atoms with van der Waals surface area (Å²) in [5.74, 6) is 0.906. The normalized spacial score (nSPS) is 18.4. The molecule has 1 aliphatic carbocycles. The monoisotopic (exact) mass is 521 g/mol. The number of carbonyl (C=O) groups excluding carboxylic acids is 2. The molecule has 0 bridgehead atoms. The largest absolute Gasteiger partial charge is 0.376 e. The van der Waals surface area contributed by atoms with Crippen molar-refractivity contribution in [1.29, 1.82) is 0 Å². The zero-order chi connectivity index (χ0) is 26.8. The van der Waals surface area contributed by atoms with Crippen LogP contribution >= 0.6 is 0 Å². The van der Waals surface area contributed by atoms with Crippen LogP contribution in [0.3, 0.4) is 0 Å². The lowest BCUT2D eigenvalue weighted by Gasteiger charge is -2.35. The highest BCUT2D eigenvalue weighted by molar-refractivity contribution is 5.92. The smallest absolute Gasteiger partial charge is 0.317 e. The number of ether oxygens (including phenoxy) is 1. The van der Waals surface area contributed by atoms with Gasteiger partial charge in [-0.05, 0) is 76.1 Å². The Morgan fingerprint density at radius 1 is 1.24 bits per heavy atom. The summed E-state index contributed by atoms with van der Waals surface area (Å²) >= 11 is 0. The van der Waals surface area contributed by atoms with Crippen molar-refractivity contribution < 1.29 is 14.3 Å². The third kappa shape index (κ3) is 5.55. The number of urea groups is 1. The van der Waals surface area contributed by atoms with Crippen molar-refractivity contribution in [3.8, 4) is 0 Å². The molecular weight excluding hydrogens is 482 g/mol. The van der Waals surface area contributed by atoms with Crippen LogP contribution in [0.4, 0.5) is 4.79 Å². The molecule has 1 saturated carbocycles. The molecule has 2 fully saturated rings. The van der Waals surface area contributed by atoms with Crippen LogP contribution in [-0.2, 0) is 4.74 Å². The summed E-state index contributed by atoms with van der Waals surface area (Å²) in [7, 11) is 0. The van der Waals surface area contributed by atoms with E-state index in [4.69, 9.17) is 9.72 Å². The highest BCUT2D eigenvalue weighted by Crippen LogP contribution is 2.45. The van der Waals surface area contributed by atoms with Crippen LogP contribution in [-0.4, -0.2) is 62.4 Å². The summed E-state index contributed by atoms with van der Waals surface area (Å²) in [6.07, 6.45) is 5.79. The maximum Gasteiger partial charge on any atom is 0.317 e. The van der Waals surface area contributed by atoms with Gasteiger partial charge in [-0.25, -0.2) is 9.78 Å². The Kier molecular flexibility index (Phi) is 7.69. The Balaban J connectivity index is 1.42. The first kappa shape index (κ1) is 26.2. The van der Waals surface area contributed by atoms with E-state index in [1.165, 1.54) is 0 Å². The average molecular weight is 522 g/mol. The molecule has 2 aromatic heterocycles. The third-order valence-corrected chi connectivity index (χ3v) is 7.53. The SMILES string of the molecule is CCC(C)OCC(NC(=O)c1ccnn1C(C)C)c1nc2ccc(C(C3CC3)N3CCCNC3=O)cc2[nH]1. The van der Waals surface area contributed by atoms with E-state index in [0.29, 0.717) is 24.0 Å². The van der Waals surface area contributed by atoms with Crippen molar-refractivity contribution in [1.82, 2.24) is 35.3 Å². The number of carbonyl (C=O) groups is 2. The number of hydrogen-bond donors (Lipinski definition) is 3. The Hall–Kier alpha value is -3.40. The second-order valence-corrected chi connectivity index (χ2v) is 10.8. The quantitative estimate of drug-likeness (QED) is 0.344. The van der Waals surface area contributed by atoms with Gasteiger partial charge in [0.05, 0.1) is 29.8 Å². The Bertz CT molecular complexity index is 1280. The molecule has 3 heterocycles. The number of rotatable bonds is 11. The van der Waals surface area contributed by atoms with Crippen LogP contribution in [0.15, 0.2) is 30.5 Å². The first-order valence-electron chi connectivity index (χ1n) is 13.9. The van der Waals surface area contributed by atoms with E-state index >= 15 is 0 Å². The van der Waals surface area contributed by atoms with Gasteiger partial charge >= 0.3 is 6.03 Å². The van der Waals surface area contributed by atoms with Crippen molar-refractivity contribution in [3.63, 3.8) is 0 Å². The van der Waals surface area contributed by atoms with Crippen LogP contribution in [0.2, 0.25) is 0 Å². The number of nitrogens with one attached hydrogen (secondary N) is 3. The fraction of sp³-hybridized carbons (Fsp3) is 0.571. The zero-order valence-corrected chi connectivity index (χ0v) is 22.7. The minimum absolute atomic E-state index is 0.0177. The molecule has 38 heavy (non-hydrogen) atoms. The van der Waals surface area contributed by atoms with Gasteiger partial charge in [-0.1, -0.05) is 13.0 Å². The van der Waals surface area contributed by atoms with Crippen molar-refractivity contribution in [2.45, 2.75) is 77.6 Å². The predicted molar refractivity (Wildman–Crippen MR) is 145 cm³/mol. The second kappa shape index (κ2) is 11.1. The van der Waals surface area contributed by atoms with Crippen molar-refractivity contribution in [3.05, 3.63) is 47.5 Å². The Morgan fingerprint density at radius 2 is 2.05 bits per heavy atom. The van der Waals surface area contributed by atoms with Gasteiger partial charge < -0.3 is 25.3 Å². The molecule has 5 rings (SSSR count). The van der Waals surface area contributed by atoms with E-state index in [2.05, 4.69) is 39.8 Å². The maximum absolute atomic E-state index is 13.3. The van der Waals surface area contributed by atoms with E-state index in [1.54, 1.807) is 16.9 Å². The van der Waals surface area contributed by atoms with Gasteiger partial charge in [-0.3, -0.25) is 9.48 Å². The van der Waals surface area contributed by atoms with Crippen LogP contribution < -0.4 is 10.6 Å². The average Bonchev–Trinajstić information content (AvgIpc) is 3.44. The summed E-state index contributed by atoms with van der Waals surface area (Å²) in [5.41, 5.74) is 3.32. The second-order valence-electron chi connectivity index (χ2n) is 10.8. The van der Waals surface area contributed by atoms with Crippen molar-refractivity contribution in [2.24, 2.45) is 5.92 Å². The van der Waals surface area contributed by atoms with Crippen molar-refractivity contribution >= 4 is 23.0 Å². The molecule has 1 aliphatic heterocycles. The van der Waals surface area contributed by atoms with Gasteiger partial charge in [-0.2, -0.15) is 5.10 Å². The number of imidazole rings is 1. The van der Waals surface area contributed by atoms with Crippen LogP contribution in [0.5, 0.6) is 0 Å². The lowest BCUT2D eigenvalue weighted by atomic mass is 9.99. The summed E-state index contributed by atoms with van der Waals surface area (Å²) < 4.78 is 7.75. The number of fused-ring (bicyclic) bond motifs is 1. The lowest BCUT2D eigenvalue weighted by molar-refractivity contribution is 0.0437. The number of H-pyrrole nitrogens is 1. The summed E-state index contributed by atoms with van der Waals surface area (Å²) in [6.45, 7) is 9.88. The predicted octanol–water partition coefficient (Wildman–Crippen LogP) is 4.49. The minimum atomic E-state index is -0.463. The third-order valence-electron chi connectivity index (χ3n) is 7.53. The molecular formula is C28H39N7O3. The highest BCUT2D eigenvalue weighted by Gasteiger charge is 2.39. The number of benzene rings is 1. The molecule has 1 saturated heterocycles. The fourth-order valence-corrected chi connectivity index (χ4v) is 5.13. The fourth-order valence-electron chi connectivity index (χ4n) is 5.13. The van der Waals surface area contributed by atoms with E-state index in [9.17, 15) is 9.59 Å². The molecule has 3 N–H and O–H groups in total. The van der Waals surface area contributed by atoms with E-state index < -0.39 is 6.04 Å². The highest BCUT2D eigenvalue weighted by atomic mass is 16.5. The molecule has 3 unspecified atom stereocenters. The van der Waals surface area contributed by atoms with Crippen LogP contribution in [0.25, 0.3) is 11.0 Å². The van der Waals surface area contributed by atoms with Gasteiger partial charge in [-0.15, -0.1) is 0 Å². The minimum Gasteiger partial charge on any atom is -0.376 e. The first-order valence-corrected chi connectivity index (χ1v) is 13.9. The van der Waals surface area contributed by atoms with Gasteiger partial charge in [0.25, 0.3) is 5.91 Å². The number of aromatic nitrogens is 4. The lowest BCUT2D eigenvalue weighted by Crippen LogP contribution is -2.48. The maximum atomic E-state index is 13.3. The molecule has 3 amide bonds. The first-order chi connectivity index (χ1) is 18.4. The molecule has 10 heteroatoms. The van der Waals surface area contributed by atoms with Crippen LogP contribution in [0, 0.1) is 5.92 Å². The summed E-state index contributed by atoms with van der Waals surface area (Å²) in [4.78, 5) is 36.2. The van der Waals surface area contributed by atoms with E-state index in [1.807, 2.05) is 31.7 Å². The molecule has 204 valence electrons. The van der Waals surface area contributed by atoms with E-state index in [0.717, 1.165) is 55.4 Å². The van der Waals surface area contributed by atoms with Gasteiger partial charge in [0.2, 0.25) is 0 Å². The van der Waals surface area contributed by atoms with Gasteiger partial charge in [0.1, 0.15) is 17.6 Å². The van der Waals surface area contributed by atoms with Gasteiger partial charge in [0.15, 0.2) is 0 Å². The number of aromatic amines is 1. The molecule has 2 aliphatic rings. The van der Waals surface area contributed by atoms with Crippen LogP contribution in [0.1, 0.15) is 93.4 Å². The molecule has 10 nitrogen and oxygen atoms in total. The number of hydrogen-bond acceptors (Lipinski definition) is 5. The zero-order valence-electron chi connectivity index (χ0n) is 22.7. The molecule has 0 radical (unpaired) electrons. The van der Waals surface area contributed by atoms with E-state index in [-0.39, 0.29) is 30.1 Å². The molecule has 0 spiro atoms. The summed E-state index contributed by atoms with van der Waals surface area (Å²) in [5, 5.41) is 10.4.